The van der Waals surface area contributed by atoms with E-state index in [0.29, 0.717) is 23.9 Å². The van der Waals surface area contributed by atoms with Gasteiger partial charge in [-0.15, -0.1) is 0 Å². The van der Waals surface area contributed by atoms with Gasteiger partial charge in [0, 0.05) is 12.8 Å². The van der Waals surface area contributed by atoms with Crippen molar-refractivity contribution in [2.75, 3.05) is 47.5 Å². The summed E-state index contributed by atoms with van der Waals surface area (Å²) in [4.78, 5) is 37.7. The molecule has 95 heavy (non-hydrogen) atoms. The van der Waals surface area contributed by atoms with Crippen LogP contribution in [0.3, 0.4) is 0 Å². The first-order chi connectivity index (χ1) is 46.6. The van der Waals surface area contributed by atoms with Crippen LogP contribution in [0.5, 0.6) is 0 Å². The van der Waals surface area contributed by atoms with Gasteiger partial charge in [0.2, 0.25) is 0 Å². The SMILES string of the molecule is CC/C=C\C/C=C\C/C=C\C/C=C\C/C=C\C/C=C\C/C=C\C/C=C\C/C=C\CCCCCCCC(=O)OC(COC(=O)CCCCCCCCCCCCCCCCCCCCCCCC/C=C\C/C=C\C/C=C\CCCCCCC)COC(OCC[N+](C)(C)C)C(=O)O. The molecule has 0 radical (unpaired) electrons. The quantitative estimate of drug-likeness (QED) is 0.0211. The number of quaternary nitrogens is 1. The largest absolute Gasteiger partial charge is 0.477 e. The topological polar surface area (TPSA) is 108 Å². The van der Waals surface area contributed by atoms with Gasteiger partial charge in [0.15, 0.2) is 6.10 Å². The van der Waals surface area contributed by atoms with Crippen molar-refractivity contribution in [3.63, 3.8) is 0 Å². The zero-order valence-electron chi connectivity index (χ0n) is 62.0. The number of unbranched alkanes of at least 4 members (excludes halogenated alkanes) is 32. The molecule has 0 aliphatic rings. The highest BCUT2D eigenvalue weighted by Crippen LogP contribution is 2.18. The molecule has 0 saturated heterocycles. The molecule has 0 aliphatic heterocycles. The average Bonchev–Trinajstić information content (AvgIpc) is 3.75. The summed E-state index contributed by atoms with van der Waals surface area (Å²) in [6.07, 6.45) is 107. The van der Waals surface area contributed by atoms with Crippen molar-refractivity contribution in [1.82, 2.24) is 0 Å². The summed E-state index contributed by atoms with van der Waals surface area (Å²) in [6.45, 7) is 4.74. The van der Waals surface area contributed by atoms with Gasteiger partial charge in [-0.25, -0.2) is 4.79 Å². The van der Waals surface area contributed by atoms with E-state index in [1.54, 1.807) is 0 Å². The molecule has 0 fully saturated rings. The number of rotatable bonds is 71. The molecule has 0 aromatic carbocycles. The van der Waals surface area contributed by atoms with Crippen molar-refractivity contribution in [2.45, 2.75) is 334 Å². The number of esters is 2. The molecular formula is C86H146NO8+. The minimum absolute atomic E-state index is 0.177. The number of hydrogen-bond donors (Lipinski definition) is 1. The first kappa shape index (κ1) is 90.2. The number of carbonyl (C=O) groups is 3. The highest BCUT2D eigenvalue weighted by molar-refractivity contribution is 5.71. The number of ether oxygens (including phenoxy) is 4. The molecule has 0 bridgehead atoms. The fourth-order valence-electron chi connectivity index (χ4n) is 10.7. The third kappa shape index (κ3) is 76.4. The number of allylic oxidation sites excluding steroid dienone is 24. The first-order valence-corrected chi connectivity index (χ1v) is 39.0. The van der Waals surface area contributed by atoms with Crippen LogP contribution >= 0.6 is 0 Å². The molecule has 0 saturated carbocycles. The molecule has 0 spiro atoms. The molecular weight excluding hydrogens is 1170 g/mol. The summed E-state index contributed by atoms with van der Waals surface area (Å²) in [5.74, 6) is -2.03. The number of nitrogens with zero attached hydrogens (tertiary/aromatic N) is 1. The van der Waals surface area contributed by atoms with Gasteiger partial charge in [-0.1, -0.05) is 333 Å². The summed E-state index contributed by atoms with van der Waals surface area (Å²) >= 11 is 0. The maximum Gasteiger partial charge on any atom is 0.361 e. The van der Waals surface area contributed by atoms with E-state index in [4.69, 9.17) is 18.9 Å². The fraction of sp³-hybridized carbons (Fsp3) is 0.686. The summed E-state index contributed by atoms with van der Waals surface area (Å²) in [5.41, 5.74) is 0. The van der Waals surface area contributed by atoms with E-state index in [1.165, 1.54) is 167 Å². The van der Waals surface area contributed by atoms with Crippen LogP contribution in [0.15, 0.2) is 146 Å². The lowest BCUT2D eigenvalue weighted by Crippen LogP contribution is -2.40. The van der Waals surface area contributed by atoms with Crippen LogP contribution in [0.1, 0.15) is 322 Å². The highest BCUT2D eigenvalue weighted by atomic mass is 16.7. The van der Waals surface area contributed by atoms with Crippen molar-refractivity contribution >= 4 is 17.9 Å². The average molecular weight is 1320 g/mol. The molecule has 9 heteroatoms. The first-order valence-electron chi connectivity index (χ1n) is 39.0. The Kier molecular flexibility index (Phi) is 71.1. The van der Waals surface area contributed by atoms with E-state index in [1.807, 2.05) is 21.1 Å². The Labute approximate surface area is 585 Å². The van der Waals surface area contributed by atoms with Crippen LogP contribution < -0.4 is 0 Å². The maximum atomic E-state index is 13.0. The molecule has 0 aromatic heterocycles. The standard InChI is InChI=1S/C86H145NO8/c1-6-8-10-12-14-16-18-20-22-24-26-28-30-32-34-36-38-40-41-42-43-45-46-48-50-52-54-56-58-60-62-64-66-68-70-72-74-76-83(88)93-80-82(81-94-86(85(90)91)92-79-78-87(3,4)5)95-84(89)77-75-73-71-69-67-65-63-61-59-57-55-53-51-49-47-44-39-37-35-33-31-29-27-25-23-21-19-17-15-13-11-9-7-2/h9,11,15,17-18,20-21,23-24,26-27,29-30,32-33,35,39,44,49,51,55,57,61,63,82,86H,6-8,10,12-14,16,19,22,25,28,31,34,36-38,40-43,45-48,50,52-54,56,58-60,62,64-81H2,1-5H3/p+1/b11-9-,17-15-,20-18-,23-21-,26-24-,29-27-,32-30-,35-33-,44-39-,51-49-,57-55-,63-61-. The van der Waals surface area contributed by atoms with Gasteiger partial charge in [-0.2, -0.15) is 0 Å². The molecule has 9 nitrogen and oxygen atoms in total. The Morgan fingerprint density at radius 3 is 0.895 bits per heavy atom. The fourth-order valence-corrected chi connectivity index (χ4v) is 10.7. The molecule has 0 amide bonds. The Morgan fingerprint density at radius 1 is 0.326 bits per heavy atom. The zero-order chi connectivity index (χ0) is 69.0. The smallest absolute Gasteiger partial charge is 0.361 e. The van der Waals surface area contributed by atoms with Gasteiger partial charge in [0.25, 0.3) is 6.29 Å². The number of carboxylic acid groups (broad SMARTS) is 1. The Balaban J connectivity index is 4.11. The van der Waals surface area contributed by atoms with E-state index in [0.717, 1.165) is 122 Å². The predicted octanol–water partition coefficient (Wildman–Crippen LogP) is 25.0. The zero-order valence-corrected chi connectivity index (χ0v) is 62.0. The second-order valence-electron chi connectivity index (χ2n) is 26.9. The van der Waals surface area contributed by atoms with E-state index in [2.05, 4.69) is 160 Å². The van der Waals surface area contributed by atoms with Crippen LogP contribution in [0.2, 0.25) is 0 Å². The minimum Gasteiger partial charge on any atom is -0.477 e. The molecule has 2 unspecified atom stereocenters. The number of carbonyl (C=O) groups excluding carboxylic acids is 2. The normalized spacial score (nSPS) is 13.5. The summed E-state index contributed by atoms with van der Waals surface area (Å²) in [7, 11) is 5.97. The third-order valence-corrected chi connectivity index (χ3v) is 16.6. The van der Waals surface area contributed by atoms with E-state index in [-0.39, 0.29) is 32.2 Å². The Morgan fingerprint density at radius 2 is 0.600 bits per heavy atom. The summed E-state index contributed by atoms with van der Waals surface area (Å²) < 4.78 is 23.0. The number of hydrogen-bond acceptors (Lipinski definition) is 7. The van der Waals surface area contributed by atoms with Gasteiger partial charge >= 0.3 is 17.9 Å². The van der Waals surface area contributed by atoms with E-state index in [9.17, 15) is 19.5 Å². The predicted molar refractivity (Wildman–Crippen MR) is 410 cm³/mol. The highest BCUT2D eigenvalue weighted by Gasteiger charge is 2.25. The Bertz CT molecular complexity index is 2080. The van der Waals surface area contributed by atoms with Crippen molar-refractivity contribution in [3.8, 4) is 0 Å². The van der Waals surface area contributed by atoms with Crippen molar-refractivity contribution in [3.05, 3.63) is 146 Å². The van der Waals surface area contributed by atoms with Gasteiger partial charge in [0.1, 0.15) is 13.2 Å². The lowest BCUT2D eigenvalue weighted by atomic mass is 10.0. The van der Waals surface area contributed by atoms with Crippen LogP contribution in [0.25, 0.3) is 0 Å². The monoisotopic (exact) mass is 1320 g/mol. The van der Waals surface area contributed by atoms with Crippen LogP contribution in [-0.4, -0.2) is 87.4 Å². The van der Waals surface area contributed by atoms with Crippen molar-refractivity contribution in [1.29, 1.82) is 0 Å². The molecule has 2 atom stereocenters. The van der Waals surface area contributed by atoms with Crippen LogP contribution in [0, 0.1) is 0 Å². The van der Waals surface area contributed by atoms with Gasteiger partial charge in [-0.3, -0.25) is 9.59 Å². The van der Waals surface area contributed by atoms with Crippen LogP contribution in [0.4, 0.5) is 0 Å². The molecule has 542 valence electrons. The number of likely N-dealkylation sites (N-methyl/N-ethyl adjacent to an activating group) is 1. The van der Waals surface area contributed by atoms with Crippen LogP contribution in [-0.2, 0) is 33.3 Å². The third-order valence-electron chi connectivity index (χ3n) is 16.6. The second-order valence-corrected chi connectivity index (χ2v) is 26.9. The van der Waals surface area contributed by atoms with Gasteiger partial charge < -0.3 is 28.5 Å². The molecule has 0 aliphatic carbocycles. The van der Waals surface area contributed by atoms with Crippen molar-refractivity contribution in [2.24, 2.45) is 0 Å². The maximum absolute atomic E-state index is 13.0. The Hall–Kier alpha value is -4.83. The lowest BCUT2D eigenvalue weighted by Gasteiger charge is -2.25. The van der Waals surface area contributed by atoms with Gasteiger partial charge in [0.05, 0.1) is 34.4 Å². The summed E-state index contributed by atoms with van der Waals surface area (Å²) in [5, 5.41) is 9.77. The second kappa shape index (κ2) is 75.0. The molecule has 0 rings (SSSR count). The van der Waals surface area contributed by atoms with Gasteiger partial charge in [-0.05, 0) is 122 Å². The number of aliphatic carboxylic acids is 1. The van der Waals surface area contributed by atoms with Crippen molar-refractivity contribution < 1.29 is 42.9 Å². The molecule has 0 aromatic rings. The van der Waals surface area contributed by atoms with E-state index >= 15 is 0 Å². The molecule has 0 heterocycles. The lowest BCUT2D eigenvalue weighted by molar-refractivity contribution is -0.870. The molecule has 1 N–H and O–H groups in total. The number of carboxylic acids is 1. The summed E-state index contributed by atoms with van der Waals surface area (Å²) in [6, 6.07) is 0. The minimum atomic E-state index is -1.53. The van der Waals surface area contributed by atoms with E-state index < -0.39 is 24.3 Å².